The Morgan fingerprint density at radius 1 is 0.920 bits per heavy atom. The van der Waals surface area contributed by atoms with Gasteiger partial charge in [-0.15, -0.1) is 0 Å². The standard InChI is InChI=1S/C22H35NO2/c1-19-15-14-16-21(20(19)2)22(25)23(3)17-12-10-8-6-4-5-7-9-11-13-18-24/h14-16,18H,4-13,17H2,1-3H3. The van der Waals surface area contributed by atoms with Crippen molar-refractivity contribution >= 4 is 12.2 Å². The molecule has 0 aliphatic heterocycles. The number of rotatable bonds is 13. The first-order valence-corrected chi connectivity index (χ1v) is 9.83. The molecule has 0 bridgehead atoms. The molecular formula is C22H35NO2. The number of nitrogens with zero attached hydrogens (tertiary/aromatic N) is 1. The smallest absolute Gasteiger partial charge is 0.253 e. The van der Waals surface area contributed by atoms with Crippen molar-refractivity contribution in [3.63, 3.8) is 0 Å². The third-order valence-corrected chi connectivity index (χ3v) is 5.00. The van der Waals surface area contributed by atoms with Crippen molar-refractivity contribution in [1.29, 1.82) is 0 Å². The molecule has 0 saturated heterocycles. The minimum Gasteiger partial charge on any atom is -0.342 e. The molecular weight excluding hydrogens is 310 g/mol. The van der Waals surface area contributed by atoms with Crippen molar-refractivity contribution < 1.29 is 9.59 Å². The van der Waals surface area contributed by atoms with Crippen LogP contribution in [0.5, 0.6) is 0 Å². The van der Waals surface area contributed by atoms with Gasteiger partial charge in [0.1, 0.15) is 6.29 Å². The van der Waals surface area contributed by atoms with E-state index in [1.807, 2.05) is 31.0 Å². The van der Waals surface area contributed by atoms with Gasteiger partial charge in [-0.2, -0.15) is 0 Å². The van der Waals surface area contributed by atoms with E-state index in [0.717, 1.165) is 36.8 Å². The number of amides is 1. The number of unbranched alkanes of at least 4 members (excludes halogenated alkanes) is 9. The second-order valence-corrected chi connectivity index (χ2v) is 7.11. The van der Waals surface area contributed by atoms with Gasteiger partial charge in [-0.25, -0.2) is 0 Å². The highest BCUT2D eigenvalue weighted by Crippen LogP contribution is 2.15. The Morgan fingerprint density at radius 3 is 2.08 bits per heavy atom. The maximum atomic E-state index is 12.5. The Morgan fingerprint density at radius 2 is 1.48 bits per heavy atom. The van der Waals surface area contributed by atoms with E-state index < -0.39 is 0 Å². The zero-order chi connectivity index (χ0) is 18.5. The van der Waals surface area contributed by atoms with E-state index in [0.29, 0.717) is 6.42 Å². The topological polar surface area (TPSA) is 37.4 Å². The van der Waals surface area contributed by atoms with E-state index in [9.17, 15) is 9.59 Å². The van der Waals surface area contributed by atoms with Gasteiger partial charge in [0.05, 0.1) is 0 Å². The Bertz CT molecular complexity index is 525. The Labute approximate surface area is 153 Å². The summed E-state index contributed by atoms with van der Waals surface area (Å²) < 4.78 is 0. The van der Waals surface area contributed by atoms with E-state index in [4.69, 9.17) is 0 Å². The van der Waals surface area contributed by atoms with Gasteiger partial charge in [-0.3, -0.25) is 4.79 Å². The fourth-order valence-corrected chi connectivity index (χ4v) is 3.10. The highest BCUT2D eigenvalue weighted by Gasteiger charge is 2.14. The van der Waals surface area contributed by atoms with Crippen LogP contribution in [0.25, 0.3) is 0 Å². The summed E-state index contributed by atoms with van der Waals surface area (Å²) in [6, 6.07) is 5.94. The molecule has 0 heterocycles. The number of aryl methyl sites for hydroxylation is 1. The van der Waals surface area contributed by atoms with Crippen molar-refractivity contribution in [3.05, 3.63) is 34.9 Å². The molecule has 0 aliphatic rings. The predicted octanol–water partition coefficient (Wildman–Crippen LogP) is 5.48. The normalized spacial score (nSPS) is 10.7. The van der Waals surface area contributed by atoms with E-state index >= 15 is 0 Å². The van der Waals surface area contributed by atoms with Crippen molar-refractivity contribution in [2.45, 2.75) is 78.1 Å². The average molecular weight is 346 g/mol. The largest absolute Gasteiger partial charge is 0.342 e. The van der Waals surface area contributed by atoms with E-state index in [1.54, 1.807) is 0 Å². The second-order valence-electron chi connectivity index (χ2n) is 7.11. The fraction of sp³-hybridized carbons (Fsp3) is 0.636. The highest BCUT2D eigenvalue weighted by atomic mass is 16.2. The SMILES string of the molecule is Cc1cccc(C(=O)N(C)CCCCCCCCCCCC=O)c1C. The lowest BCUT2D eigenvalue weighted by atomic mass is 10.0. The molecule has 0 fully saturated rings. The Balaban J connectivity index is 2.10. The van der Waals surface area contributed by atoms with Crippen LogP contribution in [-0.4, -0.2) is 30.7 Å². The summed E-state index contributed by atoms with van der Waals surface area (Å²) in [5.74, 6) is 0.136. The highest BCUT2D eigenvalue weighted by molar-refractivity contribution is 5.95. The summed E-state index contributed by atoms with van der Waals surface area (Å²) in [5.41, 5.74) is 3.09. The third-order valence-electron chi connectivity index (χ3n) is 5.00. The van der Waals surface area contributed by atoms with Gasteiger partial charge in [0.25, 0.3) is 5.91 Å². The van der Waals surface area contributed by atoms with Crippen LogP contribution in [0.1, 0.15) is 85.7 Å². The molecule has 140 valence electrons. The molecule has 3 nitrogen and oxygen atoms in total. The van der Waals surface area contributed by atoms with Gasteiger partial charge in [0.2, 0.25) is 0 Å². The van der Waals surface area contributed by atoms with Gasteiger partial charge >= 0.3 is 0 Å². The molecule has 0 spiro atoms. The van der Waals surface area contributed by atoms with Gasteiger partial charge in [0.15, 0.2) is 0 Å². The van der Waals surface area contributed by atoms with E-state index in [1.165, 1.54) is 50.5 Å². The summed E-state index contributed by atoms with van der Waals surface area (Å²) in [7, 11) is 1.91. The van der Waals surface area contributed by atoms with E-state index in [2.05, 4.69) is 13.0 Å². The number of hydrogen-bond acceptors (Lipinski definition) is 2. The van der Waals surface area contributed by atoms with Crippen molar-refractivity contribution in [2.75, 3.05) is 13.6 Å². The van der Waals surface area contributed by atoms with Crippen LogP contribution in [0.4, 0.5) is 0 Å². The summed E-state index contributed by atoms with van der Waals surface area (Å²) in [6.45, 7) is 4.90. The molecule has 1 aromatic rings. The maximum Gasteiger partial charge on any atom is 0.253 e. The lowest BCUT2D eigenvalue weighted by Gasteiger charge is -2.19. The van der Waals surface area contributed by atoms with Crippen LogP contribution in [-0.2, 0) is 4.79 Å². The van der Waals surface area contributed by atoms with Crippen LogP contribution >= 0.6 is 0 Å². The molecule has 0 saturated carbocycles. The number of carbonyl (C=O) groups is 2. The first kappa shape index (κ1) is 21.4. The predicted molar refractivity (Wildman–Crippen MR) is 105 cm³/mol. The van der Waals surface area contributed by atoms with Gasteiger partial charge in [-0.05, 0) is 43.9 Å². The van der Waals surface area contributed by atoms with Crippen LogP contribution < -0.4 is 0 Å². The van der Waals surface area contributed by atoms with Gasteiger partial charge < -0.3 is 9.69 Å². The first-order valence-electron chi connectivity index (χ1n) is 9.83. The summed E-state index contributed by atoms with van der Waals surface area (Å²) in [5, 5.41) is 0. The summed E-state index contributed by atoms with van der Waals surface area (Å²) in [6.07, 6.45) is 12.6. The molecule has 0 radical (unpaired) electrons. The molecule has 0 unspecified atom stereocenters. The first-order chi connectivity index (χ1) is 12.1. The summed E-state index contributed by atoms with van der Waals surface area (Å²) in [4.78, 5) is 24.6. The minimum absolute atomic E-state index is 0.136. The van der Waals surface area contributed by atoms with Crippen molar-refractivity contribution in [3.8, 4) is 0 Å². The number of hydrogen-bond donors (Lipinski definition) is 0. The third kappa shape index (κ3) is 8.33. The van der Waals surface area contributed by atoms with Crippen LogP contribution in [0, 0.1) is 13.8 Å². The van der Waals surface area contributed by atoms with Gasteiger partial charge in [0, 0.05) is 25.6 Å². The molecule has 1 rings (SSSR count). The molecule has 0 atom stereocenters. The van der Waals surface area contributed by atoms with E-state index in [-0.39, 0.29) is 5.91 Å². The maximum absolute atomic E-state index is 12.5. The van der Waals surface area contributed by atoms with Crippen LogP contribution in [0.15, 0.2) is 18.2 Å². The number of benzene rings is 1. The molecule has 3 heteroatoms. The zero-order valence-corrected chi connectivity index (χ0v) is 16.4. The Kier molecular flexibility index (Phi) is 10.9. The van der Waals surface area contributed by atoms with Crippen molar-refractivity contribution in [1.82, 2.24) is 4.90 Å². The number of aldehydes is 1. The summed E-state index contributed by atoms with van der Waals surface area (Å²) >= 11 is 0. The lowest BCUT2D eigenvalue weighted by molar-refractivity contribution is -0.107. The number of carbonyl (C=O) groups excluding carboxylic acids is 2. The van der Waals surface area contributed by atoms with Crippen LogP contribution in [0.2, 0.25) is 0 Å². The quantitative estimate of drug-likeness (QED) is 0.351. The molecule has 1 aromatic carbocycles. The van der Waals surface area contributed by atoms with Crippen molar-refractivity contribution in [2.24, 2.45) is 0 Å². The lowest BCUT2D eigenvalue weighted by Crippen LogP contribution is -2.28. The molecule has 1 amide bonds. The molecule has 25 heavy (non-hydrogen) atoms. The molecule has 0 aliphatic carbocycles. The fourth-order valence-electron chi connectivity index (χ4n) is 3.10. The minimum atomic E-state index is 0.136. The average Bonchev–Trinajstić information content (AvgIpc) is 2.61. The molecule has 0 N–H and O–H groups in total. The second kappa shape index (κ2) is 12.7. The van der Waals surface area contributed by atoms with Crippen LogP contribution in [0.3, 0.4) is 0 Å². The zero-order valence-electron chi connectivity index (χ0n) is 16.4. The molecule has 0 aromatic heterocycles. The monoisotopic (exact) mass is 345 g/mol. The Hall–Kier alpha value is -1.64. The van der Waals surface area contributed by atoms with Gasteiger partial charge in [-0.1, -0.05) is 57.1 Å².